The Balaban J connectivity index is 3.80. The van der Waals surface area contributed by atoms with Crippen LogP contribution in [0.3, 0.4) is 0 Å². The second-order valence-electron chi connectivity index (χ2n) is 1.98. The van der Waals surface area contributed by atoms with E-state index in [2.05, 4.69) is 36.0 Å². The Bertz CT molecular complexity index is 93.9. The second kappa shape index (κ2) is 2.61. The molecule has 0 radical (unpaired) electrons. The molecule has 0 rings (SSSR count). The van der Waals surface area contributed by atoms with Crippen molar-refractivity contribution in [3.8, 4) is 0 Å². The van der Waals surface area contributed by atoms with E-state index in [0.717, 1.165) is 0 Å². The van der Waals surface area contributed by atoms with Crippen molar-refractivity contribution in [3.63, 3.8) is 0 Å². The molecular formula is C4H10BrPS. The molecule has 0 aromatic heterocycles. The molecule has 0 bridgehead atoms. The van der Waals surface area contributed by atoms with Crippen LogP contribution in [0.2, 0.25) is 0 Å². The van der Waals surface area contributed by atoms with Gasteiger partial charge in [0.2, 0.25) is 0 Å². The highest BCUT2D eigenvalue weighted by atomic mass is 79.9. The minimum Gasteiger partial charge on any atom is -0.0854 e. The summed E-state index contributed by atoms with van der Waals surface area (Å²) < 4.78 is -1.09. The molecule has 0 fully saturated rings. The van der Waals surface area contributed by atoms with Crippen LogP contribution in [0, 0.1) is 0 Å². The molecule has 1 unspecified atom stereocenters. The zero-order valence-corrected chi connectivity index (χ0v) is 8.11. The summed E-state index contributed by atoms with van der Waals surface area (Å²) in [5.74, 6) is 0. The maximum Gasteiger partial charge on any atom is 0.0166 e. The second-order valence-corrected chi connectivity index (χ2v) is 12.9. The highest BCUT2D eigenvalue weighted by Crippen LogP contribution is 2.54. The number of hydrogen-bond acceptors (Lipinski definition) is 1. The molecule has 0 saturated carbocycles. The Kier molecular flexibility index (Phi) is 3.03. The maximum atomic E-state index is 5.14. The molecule has 0 heterocycles. The first-order chi connectivity index (χ1) is 2.94. The summed E-state index contributed by atoms with van der Waals surface area (Å²) in [5.41, 5.74) is 0.641. The van der Waals surface area contributed by atoms with Gasteiger partial charge in [-0.3, -0.25) is 0 Å². The van der Waals surface area contributed by atoms with Crippen LogP contribution in [0.15, 0.2) is 0 Å². The predicted molar refractivity (Wildman–Crippen MR) is 44.3 cm³/mol. The van der Waals surface area contributed by atoms with Gasteiger partial charge in [0, 0.05) is 4.74 Å². The van der Waals surface area contributed by atoms with E-state index in [1.807, 2.05) is 0 Å². The van der Waals surface area contributed by atoms with Crippen LogP contribution in [-0.4, -0.2) is 12.3 Å². The fraction of sp³-hybridized carbons (Fsp3) is 1.00. The van der Waals surface area contributed by atoms with Gasteiger partial charge in [0.15, 0.2) is 0 Å². The standard InChI is InChI=1S/C4H10BrPS/c1-4(2)6(3,5)7/h4H,1-3H3. The van der Waals surface area contributed by atoms with Crippen molar-refractivity contribution in [1.82, 2.24) is 0 Å². The molecule has 0 aromatic rings. The van der Waals surface area contributed by atoms with Crippen LogP contribution in [0.5, 0.6) is 0 Å². The quantitative estimate of drug-likeness (QED) is 0.588. The lowest BCUT2D eigenvalue weighted by atomic mass is 10.6. The summed E-state index contributed by atoms with van der Waals surface area (Å²) in [6.45, 7) is 6.40. The smallest absolute Gasteiger partial charge is 0.0166 e. The molecule has 44 valence electrons. The highest BCUT2D eigenvalue weighted by Gasteiger charge is 2.08. The third kappa shape index (κ3) is 3.69. The van der Waals surface area contributed by atoms with E-state index >= 15 is 0 Å². The summed E-state index contributed by atoms with van der Waals surface area (Å²) in [6.07, 6.45) is 0. The summed E-state index contributed by atoms with van der Waals surface area (Å²) in [6, 6.07) is 0. The van der Waals surface area contributed by atoms with Gasteiger partial charge in [0.25, 0.3) is 0 Å². The summed E-state index contributed by atoms with van der Waals surface area (Å²) in [7, 11) is 0. The van der Waals surface area contributed by atoms with Crippen molar-refractivity contribution in [1.29, 1.82) is 0 Å². The molecule has 0 saturated heterocycles. The lowest BCUT2D eigenvalue weighted by Crippen LogP contribution is -1.87. The normalized spacial score (nSPS) is 19.6. The van der Waals surface area contributed by atoms with Crippen molar-refractivity contribution in [2.24, 2.45) is 0 Å². The fourth-order valence-corrected chi connectivity index (χ4v) is 0. The van der Waals surface area contributed by atoms with Gasteiger partial charge in [-0.05, 0) is 27.8 Å². The van der Waals surface area contributed by atoms with E-state index in [4.69, 9.17) is 11.8 Å². The van der Waals surface area contributed by atoms with Crippen molar-refractivity contribution in [3.05, 3.63) is 0 Å². The third-order valence-corrected chi connectivity index (χ3v) is 6.49. The van der Waals surface area contributed by atoms with E-state index < -0.39 is 4.74 Å². The van der Waals surface area contributed by atoms with Crippen molar-refractivity contribution in [2.75, 3.05) is 6.66 Å². The molecule has 0 N–H and O–H groups in total. The first kappa shape index (κ1) is 8.13. The summed E-state index contributed by atoms with van der Waals surface area (Å²) >= 11 is 8.61. The van der Waals surface area contributed by atoms with Crippen LogP contribution in [-0.2, 0) is 11.8 Å². The molecule has 0 aromatic carbocycles. The Morgan fingerprint density at radius 1 is 1.57 bits per heavy atom. The van der Waals surface area contributed by atoms with Gasteiger partial charge in [-0.2, -0.15) is 0 Å². The summed E-state index contributed by atoms with van der Waals surface area (Å²) in [4.78, 5) is 0. The number of rotatable bonds is 1. The predicted octanol–water partition coefficient (Wildman–Crippen LogP) is 2.81. The van der Waals surface area contributed by atoms with Gasteiger partial charge in [0.05, 0.1) is 0 Å². The van der Waals surface area contributed by atoms with E-state index in [9.17, 15) is 0 Å². The molecule has 0 amide bonds. The minimum absolute atomic E-state index is 0.641. The monoisotopic (exact) mass is 200 g/mol. The Morgan fingerprint density at radius 3 is 1.71 bits per heavy atom. The average molecular weight is 201 g/mol. The topological polar surface area (TPSA) is 0 Å². The lowest BCUT2D eigenvalue weighted by Gasteiger charge is -2.10. The van der Waals surface area contributed by atoms with Crippen LogP contribution < -0.4 is 0 Å². The Hall–Kier alpha value is 1.13. The number of halogens is 1. The minimum atomic E-state index is -1.09. The van der Waals surface area contributed by atoms with E-state index in [-0.39, 0.29) is 0 Å². The zero-order valence-electron chi connectivity index (χ0n) is 4.81. The molecular weight excluding hydrogens is 191 g/mol. The van der Waals surface area contributed by atoms with Gasteiger partial charge in [-0.25, -0.2) is 0 Å². The van der Waals surface area contributed by atoms with Crippen LogP contribution >= 0.6 is 20.2 Å². The molecule has 0 aliphatic heterocycles. The molecule has 0 aliphatic carbocycles. The molecule has 0 spiro atoms. The van der Waals surface area contributed by atoms with Crippen molar-refractivity contribution in [2.45, 2.75) is 19.5 Å². The number of hydrogen-bond donors (Lipinski definition) is 0. The first-order valence-corrected chi connectivity index (χ1v) is 7.55. The maximum absolute atomic E-state index is 5.14. The van der Waals surface area contributed by atoms with Crippen molar-refractivity contribution >= 4 is 32.0 Å². The van der Waals surface area contributed by atoms with Crippen molar-refractivity contribution < 1.29 is 0 Å². The molecule has 0 nitrogen and oxygen atoms in total. The SMILES string of the molecule is CC(C)P(C)(=S)Br. The van der Waals surface area contributed by atoms with Gasteiger partial charge >= 0.3 is 0 Å². The zero-order chi connectivity index (χ0) is 6.08. The highest BCUT2D eigenvalue weighted by molar-refractivity contribution is 9.44. The van der Waals surface area contributed by atoms with Crippen LogP contribution in [0.4, 0.5) is 0 Å². The van der Waals surface area contributed by atoms with E-state index in [0.29, 0.717) is 5.66 Å². The molecule has 0 aliphatic rings. The van der Waals surface area contributed by atoms with E-state index in [1.165, 1.54) is 0 Å². The van der Waals surface area contributed by atoms with Gasteiger partial charge < -0.3 is 0 Å². The Labute approximate surface area is 58.4 Å². The van der Waals surface area contributed by atoms with Crippen LogP contribution in [0.1, 0.15) is 13.8 Å². The van der Waals surface area contributed by atoms with Gasteiger partial charge in [0.1, 0.15) is 0 Å². The van der Waals surface area contributed by atoms with E-state index in [1.54, 1.807) is 0 Å². The molecule has 7 heavy (non-hydrogen) atoms. The van der Waals surface area contributed by atoms with Crippen LogP contribution in [0.25, 0.3) is 0 Å². The van der Waals surface area contributed by atoms with Gasteiger partial charge in [-0.15, -0.1) is 0 Å². The molecule has 3 heteroatoms. The summed E-state index contributed by atoms with van der Waals surface area (Å²) in [5, 5.41) is 0. The Morgan fingerprint density at radius 2 is 1.71 bits per heavy atom. The average Bonchev–Trinajstić information content (AvgIpc) is 1.31. The first-order valence-electron chi connectivity index (χ1n) is 2.21. The fourth-order valence-electron chi connectivity index (χ4n) is 0. The largest absolute Gasteiger partial charge is 0.0854 e. The molecule has 1 atom stereocenters. The lowest BCUT2D eigenvalue weighted by molar-refractivity contribution is 1.10. The van der Waals surface area contributed by atoms with Gasteiger partial charge in [-0.1, -0.05) is 25.7 Å². The third-order valence-electron chi connectivity index (χ3n) is 0.922.